The van der Waals surface area contributed by atoms with Gasteiger partial charge in [-0.25, -0.2) is 4.98 Å². The Bertz CT molecular complexity index is 561. The molecule has 21 heavy (non-hydrogen) atoms. The monoisotopic (exact) mass is 285 g/mol. The van der Waals surface area contributed by atoms with E-state index in [2.05, 4.69) is 53.9 Å². The minimum Gasteiger partial charge on any atom is -0.308 e. The van der Waals surface area contributed by atoms with Crippen LogP contribution in [0.3, 0.4) is 0 Å². The topological polar surface area (TPSA) is 29.3 Å². The fourth-order valence-corrected chi connectivity index (χ4v) is 3.72. The molecule has 2 atom stereocenters. The van der Waals surface area contributed by atoms with Crippen LogP contribution in [0.2, 0.25) is 0 Å². The SMILES string of the molecule is CC(C)(C)C1CCCCC1NCc1cn2ccccc2n1. The van der Waals surface area contributed by atoms with Crippen LogP contribution in [0.15, 0.2) is 30.6 Å². The summed E-state index contributed by atoms with van der Waals surface area (Å²) < 4.78 is 2.10. The smallest absolute Gasteiger partial charge is 0.137 e. The first-order valence-corrected chi connectivity index (χ1v) is 8.20. The quantitative estimate of drug-likeness (QED) is 0.922. The molecule has 0 radical (unpaired) electrons. The van der Waals surface area contributed by atoms with Crippen molar-refractivity contribution in [1.29, 1.82) is 0 Å². The summed E-state index contributed by atoms with van der Waals surface area (Å²) in [4.78, 5) is 4.68. The second kappa shape index (κ2) is 5.80. The summed E-state index contributed by atoms with van der Waals surface area (Å²) in [6.45, 7) is 8.01. The lowest BCUT2D eigenvalue weighted by Crippen LogP contribution is -2.43. The second-order valence-corrected chi connectivity index (χ2v) is 7.44. The van der Waals surface area contributed by atoms with Crippen molar-refractivity contribution in [2.75, 3.05) is 0 Å². The van der Waals surface area contributed by atoms with Gasteiger partial charge >= 0.3 is 0 Å². The van der Waals surface area contributed by atoms with Crippen LogP contribution in [0.25, 0.3) is 5.65 Å². The van der Waals surface area contributed by atoms with Gasteiger partial charge in [-0.1, -0.05) is 39.7 Å². The lowest BCUT2D eigenvalue weighted by Gasteiger charge is -2.41. The maximum Gasteiger partial charge on any atom is 0.137 e. The number of pyridine rings is 1. The van der Waals surface area contributed by atoms with Gasteiger partial charge in [0.15, 0.2) is 0 Å². The van der Waals surface area contributed by atoms with Gasteiger partial charge in [-0.15, -0.1) is 0 Å². The Labute approximate surface area is 127 Å². The van der Waals surface area contributed by atoms with Crippen LogP contribution in [0.1, 0.15) is 52.1 Å². The average molecular weight is 285 g/mol. The Morgan fingerprint density at radius 3 is 2.81 bits per heavy atom. The van der Waals surface area contributed by atoms with E-state index in [0.717, 1.165) is 23.8 Å². The summed E-state index contributed by atoms with van der Waals surface area (Å²) in [7, 11) is 0. The van der Waals surface area contributed by atoms with Crippen molar-refractivity contribution in [2.45, 2.75) is 59.0 Å². The number of nitrogens with one attached hydrogen (secondary N) is 1. The third-order valence-corrected chi connectivity index (χ3v) is 4.84. The number of fused-ring (bicyclic) bond motifs is 1. The molecule has 114 valence electrons. The molecule has 2 aromatic heterocycles. The number of aromatic nitrogens is 2. The standard InChI is InChI=1S/C18H27N3/c1-18(2,3)15-8-4-5-9-16(15)19-12-14-13-21-11-7-6-10-17(21)20-14/h6-7,10-11,13,15-16,19H,4-5,8-9,12H2,1-3H3. The summed E-state index contributed by atoms with van der Waals surface area (Å²) in [5.41, 5.74) is 2.56. The van der Waals surface area contributed by atoms with E-state index in [0.29, 0.717) is 11.5 Å². The van der Waals surface area contributed by atoms with E-state index >= 15 is 0 Å². The summed E-state index contributed by atoms with van der Waals surface area (Å²) >= 11 is 0. The van der Waals surface area contributed by atoms with Gasteiger partial charge in [0, 0.05) is 25.0 Å². The second-order valence-electron chi connectivity index (χ2n) is 7.44. The average Bonchev–Trinajstić information content (AvgIpc) is 2.87. The Hall–Kier alpha value is -1.35. The molecule has 1 N–H and O–H groups in total. The molecule has 0 aromatic carbocycles. The molecule has 0 saturated heterocycles. The van der Waals surface area contributed by atoms with Crippen molar-refractivity contribution in [1.82, 2.24) is 14.7 Å². The Morgan fingerprint density at radius 2 is 2.05 bits per heavy atom. The van der Waals surface area contributed by atoms with E-state index in [1.807, 2.05) is 12.1 Å². The molecule has 1 aliphatic carbocycles. The molecule has 0 aliphatic heterocycles. The molecule has 3 rings (SSSR count). The number of nitrogens with zero attached hydrogens (tertiary/aromatic N) is 2. The predicted molar refractivity (Wildman–Crippen MR) is 87.2 cm³/mol. The highest BCUT2D eigenvalue weighted by Gasteiger charge is 2.33. The van der Waals surface area contributed by atoms with Gasteiger partial charge in [0.2, 0.25) is 0 Å². The van der Waals surface area contributed by atoms with Gasteiger partial charge in [-0.3, -0.25) is 0 Å². The fourth-order valence-electron chi connectivity index (χ4n) is 3.72. The van der Waals surface area contributed by atoms with Gasteiger partial charge in [-0.05, 0) is 36.3 Å². The molecule has 0 amide bonds. The van der Waals surface area contributed by atoms with Crippen molar-refractivity contribution in [3.05, 3.63) is 36.3 Å². The molecular weight excluding hydrogens is 258 g/mol. The molecule has 2 unspecified atom stereocenters. The Balaban J connectivity index is 1.68. The minimum atomic E-state index is 0.386. The first-order valence-electron chi connectivity index (χ1n) is 8.20. The van der Waals surface area contributed by atoms with Crippen LogP contribution in [-0.2, 0) is 6.54 Å². The van der Waals surface area contributed by atoms with Crippen molar-refractivity contribution in [3.8, 4) is 0 Å². The Morgan fingerprint density at radius 1 is 1.24 bits per heavy atom. The summed E-state index contributed by atoms with van der Waals surface area (Å²) in [6.07, 6.45) is 9.59. The number of rotatable bonds is 3. The fraction of sp³-hybridized carbons (Fsp3) is 0.611. The third kappa shape index (κ3) is 3.29. The minimum absolute atomic E-state index is 0.386. The van der Waals surface area contributed by atoms with Crippen molar-refractivity contribution in [2.24, 2.45) is 11.3 Å². The van der Waals surface area contributed by atoms with E-state index < -0.39 is 0 Å². The lowest BCUT2D eigenvalue weighted by atomic mass is 9.69. The Kier molecular flexibility index (Phi) is 4.03. The normalized spacial score (nSPS) is 23.6. The van der Waals surface area contributed by atoms with Crippen LogP contribution >= 0.6 is 0 Å². The highest BCUT2D eigenvalue weighted by Crippen LogP contribution is 2.38. The molecule has 2 aromatic rings. The largest absolute Gasteiger partial charge is 0.308 e. The molecule has 3 nitrogen and oxygen atoms in total. The zero-order valence-electron chi connectivity index (χ0n) is 13.5. The first kappa shape index (κ1) is 14.6. The van der Waals surface area contributed by atoms with Gasteiger partial charge in [-0.2, -0.15) is 0 Å². The van der Waals surface area contributed by atoms with Gasteiger partial charge in [0.05, 0.1) is 5.69 Å². The summed E-state index contributed by atoms with van der Waals surface area (Å²) in [6, 6.07) is 6.77. The van der Waals surface area contributed by atoms with E-state index in [-0.39, 0.29) is 0 Å². The highest BCUT2D eigenvalue weighted by atomic mass is 15.0. The number of imidazole rings is 1. The lowest BCUT2D eigenvalue weighted by molar-refractivity contribution is 0.130. The predicted octanol–water partition coefficient (Wildman–Crippen LogP) is 4.03. The molecule has 1 aliphatic rings. The van der Waals surface area contributed by atoms with Crippen LogP contribution in [0, 0.1) is 11.3 Å². The van der Waals surface area contributed by atoms with E-state index in [1.54, 1.807) is 0 Å². The summed E-state index contributed by atoms with van der Waals surface area (Å²) in [5, 5.41) is 3.78. The zero-order chi connectivity index (χ0) is 14.9. The van der Waals surface area contributed by atoms with Crippen LogP contribution in [0.4, 0.5) is 0 Å². The van der Waals surface area contributed by atoms with Crippen LogP contribution < -0.4 is 5.32 Å². The molecule has 1 saturated carbocycles. The van der Waals surface area contributed by atoms with Crippen LogP contribution in [0.5, 0.6) is 0 Å². The molecule has 3 heteroatoms. The van der Waals surface area contributed by atoms with Gasteiger partial charge in [0.25, 0.3) is 0 Å². The van der Waals surface area contributed by atoms with E-state index in [9.17, 15) is 0 Å². The van der Waals surface area contributed by atoms with Crippen molar-refractivity contribution in [3.63, 3.8) is 0 Å². The van der Waals surface area contributed by atoms with Crippen LogP contribution in [-0.4, -0.2) is 15.4 Å². The third-order valence-electron chi connectivity index (χ3n) is 4.84. The number of hydrogen-bond acceptors (Lipinski definition) is 2. The molecule has 0 bridgehead atoms. The first-order chi connectivity index (χ1) is 10.0. The van der Waals surface area contributed by atoms with Gasteiger partial charge < -0.3 is 9.72 Å². The zero-order valence-corrected chi connectivity index (χ0v) is 13.5. The van der Waals surface area contributed by atoms with Crippen molar-refractivity contribution >= 4 is 5.65 Å². The van der Waals surface area contributed by atoms with Gasteiger partial charge in [0.1, 0.15) is 5.65 Å². The molecule has 2 heterocycles. The van der Waals surface area contributed by atoms with E-state index in [1.165, 1.54) is 25.7 Å². The molecule has 1 fully saturated rings. The number of hydrogen-bond donors (Lipinski definition) is 1. The van der Waals surface area contributed by atoms with Crippen molar-refractivity contribution < 1.29 is 0 Å². The molecule has 0 spiro atoms. The summed E-state index contributed by atoms with van der Waals surface area (Å²) in [5.74, 6) is 0.767. The highest BCUT2D eigenvalue weighted by molar-refractivity contribution is 5.39. The maximum atomic E-state index is 4.68. The van der Waals surface area contributed by atoms with E-state index in [4.69, 9.17) is 0 Å². The molecular formula is C18H27N3. The maximum absolute atomic E-state index is 4.68.